The van der Waals surface area contributed by atoms with Crippen molar-refractivity contribution in [2.75, 3.05) is 5.75 Å². The van der Waals surface area contributed by atoms with E-state index in [2.05, 4.69) is 15.5 Å². The molecule has 0 saturated heterocycles. The molecule has 0 aliphatic heterocycles. The Kier molecular flexibility index (Phi) is 3.70. The van der Waals surface area contributed by atoms with Crippen LogP contribution in [-0.4, -0.2) is 34.3 Å². The first-order chi connectivity index (χ1) is 8.91. The Labute approximate surface area is 111 Å². The van der Waals surface area contributed by atoms with Gasteiger partial charge in [0, 0.05) is 17.5 Å². The molecule has 2 aromatic heterocycles. The van der Waals surface area contributed by atoms with E-state index in [1.807, 2.05) is 13.8 Å². The summed E-state index contributed by atoms with van der Waals surface area (Å²) in [7, 11) is -3.08. The molecule has 8 heteroatoms. The molecule has 0 aliphatic carbocycles. The van der Waals surface area contributed by atoms with E-state index in [9.17, 15) is 8.42 Å². The Morgan fingerprint density at radius 1 is 1.37 bits per heavy atom. The zero-order valence-corrected chi connectivity index (χ0v) is 11.9. The summed E-state index contributed by atoms with van der Waals surface area (Å²) < 4.78 is 29.7. The van der Waals surface area contributed by atoms with Crippen LogP contribution in [0.5, 0.6) is 0 Å². The SMILES string of the molecule is CCS(=O)(=O)Cc1cn(Cc2c(C)noc2C)nn1. The zero-order valence-electron chi connectivity index (χ0n) is 11.1. The topological polar surface area (TPSA) is 90.9 Å². The van der Waals surface area contributed by atoms with Crippen molar-refractivity contribution in [1.82, 2.24) is 20.2 Å². The summed E-state index contributed by atoms with van der Waals surface area (Å²) >= 11 is 0. The first-order valence-corrected chi connectivity index (χ1v) is 7.74. The standard InChI is InChI=1S/C11H16N4O3S/c1-4-19(16,17)7-10-5-15(14-12-10)6-11-8(2)13-18-9(11)3/h5H,4,6-7H2,1-3H3. The molecule has 19 heavy (non-hydrogen) atoms. The Morgan fingerprint density at radius 2 is 2.11 bits per heavy atom. The molecule has 0 atom stereocenters. The molecule has 2 aromatic rings. The lowest BCUT2D eigenvalue weighted by atomic mass is 10.2. The van der Waals surface area contributed by atoms with E-state index in [1.54, 1.807) is 17.8 Å². The molecule has 0 aliphatic rings. The van der Waals surface area contributed by atoms with E-state index in [0.717, 1.165) is 17.0 Å². The van der Waals surface area contributed by atoms with Gasteiger partial charge in [0.15, 0.2) is 9.84 Å². The van der Waals surface area contributed by atoms with Gasteiger partial charge in [-0.1, -0.05) is 17.3 Å². The fourth-order valence-electron chi connectivity index (χ4n) is 1.70. The molecular weight excluding hydrogens is 268 g/mol. The van der Waals surface area contributed by atoms with Crippen LogP contribution >= 0.6 is 0 Å². The van der Waals surface area contributed by atoms with E-state index in [0.29, 0.717) is 12.2 Å². The number of aryl methyl sites for hydroxylation is 2. The fourth-order valence-corrected chi connectivity index (χ4v) is 2.49. The summed E-state index contributed by atoms with van der Waals surface area (Å²) in [5, 5.41) is 11.7. The molecule has 2 heterocycles. The van der Waals surface area contributed by atoms with Crippen LogP contribution in [0.4, 0.5) is 0 Å². The summed E-state index contributed by atoms with van der Waals surface area (Å²) in [6.07, 6.45) is 1.64. The summed E-state index contributed by atoms with van der Waals surface area (Å²) in [6.45, 7) is 5.77. The van der Waals surface area contributed by atoms with Gasteiger partial charge in [0.05, 0.1) is 23.7 Å². The minimum absolute atomic E-state index is 0.0783. The monoisotopic (exact) mass is 284 g/mol. The Morgan fingerprint density at radius 3 is 2.68 bits per heavy atom. The molecule has 0 fully saturated rings. The number of hydrogen-bond donors (Lipinski definition) is 0. The van der Waals surface area contributed by atoms with Gasteiger partial charge >= 0.3 is 0 Å². The van der Waals surface area contributed by atoms with E-state index < -0.39 is 9.84 Å². The third kappa shape index (κ3) is 3.19. The average Bonchev–Trinajstić information content (AvgIpc) is 2.91. The van der Waals surface area contributed by atoms with E-state index in [4.69, 9.17) is 4.52 Å². The van der Waals surface area contributed by atoms with Gasteiger partial charge in [-0.2, -0.15) is 0 Å². The molecule has 0 saturated carbocycles. The largest absolute Gasteiger partial charge is 0.361 e. The Bertz CT molecular complexity index is 652. The maximum Gasteiger partial charge on any atom is 0.155 e. The van der Waals surface area contributed by atoms with Crippen LogP contribution in [0.3, 0.4) is 0 Å². The lowest BCUT2D eigenvalue weighted by molar-refractivity contribution is 0.391. The predicted molar refractivity (Wildman–Crippen MR) is 68.3 cm³/mol. The van der Waals surface area contributed by atoms with Crippen LogP contribution in [0.15, 0.2) is 10.7 Å². The quantitative estimate of drug-likeness (QED) is 0.809. The first-order valence-electron chi connectivity index (χ1n) is 5.92. The second-order valence-electron chi connectivity index (χ2n) is 4.39. The molecular formula is C11H16N4O3S. The molecule has 0 bridgehead atoms. The average molecular weight is 284 g/mol. The molecule has 0 radical (unpaired) electrons. The highest BCUT2D eigenvalue weighted by atomic mass is 32.2. The van der Waals surface area contributed by atoms with Gasteiger partial charge in [0.2, 0.25) is 0 Å². The molecule has 0 amide bonds. The van der Waals surface area contributed by atoms with E-state index in [-0.39, 0.29) is 11.5 Å². The number of sulfone groups is 1. The summed E-state index contributed by atoms with van der Waals surface area (Å²) in [6, 6.07) is 0. The van der Waals surface area contributed by atoms with Crippen LogP contribution in [0, 0.1) is 13.8 Å². The van der Waals surface area contributed by atoms with Gasteiger partial charge in [-0.3, -0.25) is 0 Å². The van der Waals surface area contributed by atoms with E-state index in [1.165, 1.54) is 0 Å². The van der Waals surface area contributed by atoms with Gasteiger partial charge in [0.25, 0.3) is 0 Å². The lowest BCUT2D eigenvalue weighted by Gasteiger charge is -1.99. The van der Waals surface area contributed by atoms with Crippen LogP contribution < -0.4 is 0 Å². The fraction of sp³-hybridized carbons (Fsp3) is 0.545. The summed E-state index contributed by atoms with van der Waals surface area (Å²) in [5.74, 6) is 0.755. The molecule has 0 aromatic carbocycles. The highest BCUT2D eigenvalue weighted by molar-refractivity contribution is 7.90. The van der Waals surface area contributed by atoms with Gasteiger partial charge in [-0.25, -0.2) is 13.1 Å². The smallest absolute Gasteiger partial charge is 0.155 e. The van der Waals surface area contributed by atoms with Crippen LogP contribution in [0.2, 0.25) is 0 Å². The zero-order chi connectivity index (χ0) is 14.0. The van der Waals surface area contributed by atoms with Crippen LogP contribution in [-0.2, 0) is 22.1 Å². The van der Waals surface area contributed by atoms with Crippen molar-refractivity contribution in [3.05, 3.63) is 28.9 Å². The second kappa shape index (κ2) is 5.12. The van der Waals surface area contributed by atoms with E-state index >= 15 is 0 Å². The first kappa shape index (κ1) is 13.7. The minimum Gasteiger partial charge on any atom is -0.361 e. The van der Waals surface area contributed by atoms with Crippen molar-refractivity contribution in [2.24, 2.45) is 0 Å². The summed E-state index contributed by atoms with van der Waals surface area (Å²) in [5.41, 5.74) is 2.19. The molecule has 0 N–H and O–H groups in total. The van der Waals surface area contributed by atoms with Gasteiger partial charge in [-0.15, -0.1) is 5.10 Å². The van der Waals surface area contributed by atoms with Crippen molar-refractivity contribution in [1.29, 1.82) is 0 Å². The second-order valence-corrected chi connectivity index (χ2v) is 6.74. The van der Waals surface area contributed by atoms with Crippen molar-refractivity contribution < 1.29 is 12.9 Å². The normalized spacial score (nSPS) is 11.9. The minimum atomic E-state index is -3.08. The van der Waals surface area contributed by atoms with Gasteiger partial charge in [-0.05, 0) is 13.8 Å². The maximum absolute atomic E-state index is 11.5. The van der Waals surface area contributed by atoms with Gasteiger partial charge in [0.1, 0.15) is 5.76 Å². The highest BCUT2D eigenvalue weighted by Crippen LogP contribution is 2.13. The van der Waals surface area contributed by atoms with Crippen LogP contribution in [0.25, 0.3) is 0 Å². The molecule has 0 unspecified atom stereocenters. The van der Waals surface area contributed by atoms with Gasteiger partial charge < -0.3 is 4.52 Å². The van der Waals surface area contributed by atoms with Crippen molar-refractivity contribution in [3.8, 4) is 0 Å². The number of hydrogen-bond acceptors (Lipinski definition) is 6. The molecule has 7 nitrogen and oxygen atoms in total. The third-order valence-electron chi connectivity index (χ3n) is 2.90. The van der Waals surface area contributed by atoms with Crippen LogP contribution in [0.1, 0.15) is 29.6 Å². The van der Waals surface area contributed by atoms with Crippen molar-refractivity contribution in [3.63, 3.8) is 0 Å². The van der Waals surface area contributed by atoms with Crippen molar-refractivity contribution in [2.45, 2.75) is 33.1 Å². The maximum atomic E-state index is 11.5. The summed E-state index contributed by atoms with van der Waals surface area (Å²) in [4.78, 5) is 0. The lowest BCUT2D eigenvalue weighted by Crippen LogP contribution is -2.06. The number of nitrogens with zero attached hydrogens (tertiary/aromatic N) is 4. The van der Waals surface area contributed by atoms with Crippen molar-refractivity contribution >= 4 is 9.84 Å². The molecule has 2 rings (SSSR count). The Hall–Kier alpha value is -1.70. The number of aromatic nitrogens is 4. The molecule has 0 spiro atoms. The third-order valence-corrected chi connectivity index (χ3v) is 4.51. The highest BCUT2D eigenvalue weighted by Gasteiger charge is 2.14. The predicted octanol–water partition coefficient (Wildman–Crippen LogP) is 0.866. The molecule has 104 valence electrons. The Balaban J connectivity index is 2.14. The number of rotatable bonds is 5.